The normalized spacial score (nSPS) is 13.9. The fourth-order valence-corrected chi connectivity index (χ4v) is 5.77. The number of benzene rings is 3. The van der Waals surface area contributed by atoms with Crippen molar-refractivity contribution in [3.63, 3.8) is 0 Å². The SMILES string of the molecule is Cc1ccc(C)c(NS(=O)(=O)c2cc(C(=O)NC(C)c3ccc4c(c3)CCC4)ccc2Cl)c1. The number of amides is 1. The Labute approximate surface area is 200 Å². The Kier molecular flexibility index (Phi) is 6.50. The number of aryl methyl sites for hydroxylation is 4. The predicted octanol–water partition coefficient (Wildman–Crippen LogP) is 5.74. The molecule has 4 rings (SSSR count). The summed E-state index contributed by atoms with van der Waals surface area (Å²) < 4.78 is 28.8. The van der Waals surface area contributed by atoms with Crippen LogP contribution in [0.4, 0.5) is 5.69 Å². The molecule has 1 unspecified atom stereocenters. The molecule has 7 heteroatoms. The van der Waals surface area contributed by atoms with Gasteiger partial charge < -0.3 is 5.32 Å². The van der Waals surface area contributed by atoms with E-state index in [0.29, 0.717) is 5.69 Å². The fourth-order valence-electron chi connectivity index (χ4n) is 4.12. The Hall–Kier alpha value is -2.83. The maximum absolute atomic E-state index is 13.1. The highest BCUT2D eigenvalue weighted by Gasteiger charge is 2.22. The van der Waals surface area contributed by atoms with Crippen LogP contribution in [0.5, 0.6) is 0 Å². The highest BCUT2D eigenvalue weighted by Crippen LogP contribution is 2.28. The molecule has 3 aromatic carbocycles. The Morgan fingerprint density at radius 1 is 0.970 bits per heavy atom. The number of hydrogen-bond donors (Lipinski definition) is 2. The quantitative estimate of drug-likeness (QED) is 0.470. The van der Waals surface area contributed by atoms with E-state index in [-0.39, 0.29) is 27.4 Å². The number of halogens is 1. The van der Waals surface area contributed by atoms with Crippen molar-refractivity contribution in [3.05, 3.63) is 93.0 Å². The molecule has 33 heavy (non-hydrogen) atoms. The predicted molar refractivity (Wildman–Crippen MR) is 133 cm³/mol. The molecule has 0 aromatic heterocycles. The van der Waals surface area contributed by atoms with Crippen molar-refractivity contribution in [1.29, 1.82) is 0 Å². The largest absolute Gasteiger partial charge is 0.346 e. The molecule has 0 radical (unpaired) electrons. The average molecular weight is 483 g/mol. The van der Waals surface area contributed by atoms with Gasteiger partial charge in [0.2, 0.25) is 0 Å². The average Bonchev–Trinajstić information content (AvgIpc) is 3.24. The first kappa shape index (κ1) is 23.3. The minimum absolute atomic E-state index is 0.0519. The topological polar surface area (TPSA) is 75.3 Å². The Morgan fingerprint density at radius 2 is 1.73 bits per heavy atom. The van der Waals surface area contributed by atoms with Crippen LogP contribution in [0.3, 0.4) is 0 Å². The lowest BCUT2D eigenvalue weighted by Gasteiger charge is -2.17. The molecule has 0 saturated carbocycles. The lowest BCUT2D eigenvalue weighted by molar-refractivity contribution is 0.0939. The van der Waals surface area contributed by atoms with Gasteiger partial charge in [0.1, 0.15) is 4.90 Å². The van der Waals surface area contributed by atoms with Gasteiger partial charge in [-0.2, -0.15) is 0 Å². The van der Waals surface area contributed by atoms with Crippen LogP contribution in [0.25, 0.3) is 0 Å². The molecule has 172 valence electrons. The van der Waals surface area contributed by atoms with E-state index >= 15 is 0 Å². The highest BCUT2D eigenvalue weighted by atomic mass is 35.5. The van der Waals surface area contributed by atoms with E-state index in [0.717, 1.165) is 36.0 Å². The fraction of sp³-hybridized carbons (Fsp3) is 0.269. The van der Waals surface area contributed by atoms with Crippen molar-refractivity contribution in [2.45, 2.75) is 51.0 Å². The van der Waals surface area contributed by atoms with Gasteiger partial charge in [-0.15, -0.1) is 0 Å². The molecule has 5 nitrogen and oxygen atoms in total. The second-order valence-electron chi connectivity index (χ2n) is 8.65. The van der Waals surface area contributed by atoms with Crippen LogP contribution in [-0.2, 0) is 22.9 Å². The Morgan fingerprint density at radius 3 is 2.52 bits per heavy atom. The molecule has 0 saturated heterocycles. The lowest BCUT2D eigenvalue weighted by atomic mass is 10.0. The van der Waals surface area contributed by atoms with E-state index < -0.39 is 10.0 Å². The molecular formula is C26H27ClN2O3S. The number of rotatable bonds is 6. The maximum atomic E-state index is 13.1. The monoisotopic (exact) mass is 482 g/mol. The van der Waals surface area contributed by atoms with Crippen molar-refractivity contribution in [1.82, 2.24) is 5.32 Å². The number of carbonyl (C=O) groups is 1. The molecule has 2 N–H and O–H groups in total. The summed E-state index contributed by atoms with van der Waals surface area (Å²) in [5, 5.41) is 3.02. The summed E-state index contributed by atoms with van der Waals surface area (Å²) in [6, 6.07) is 15.9. The zero-order valence-corrected chi connectivity index (χ0v) is 20.5. The first-order valence-corrected chi connectivity index (χ1v) is 12.8. The number of carbonyl (C=O) groups excluding carboxylic acids is 1. The van der Waals surface area contributed by atoms with Gasteiger partial charge in [-0.1, -0.05) is 41.9 Å². The van der Waals surface area contributed by atoms with E-state index in [1.165, 1.54) is 29.3 Å². The molecule has 1 amide bonds. The second kappa shape index (κ2) is 9.20. The number of nitrogens with one attached hydrogen (secondary N) is 2. The Bertz CT molecular complexity index is 1340. The number of anilines is 1. The first-order valence-electron chi connectivity index (χ1n) is 11.0. The molecule has 0 aliphatic heterocycles. The highest BCUT2D eigenvalue weighted by molar-refractivity contribution is 7.92. The van der Waals surface area contributed by atoms with Gasteiger partial charge in [0.05, 0.1) is 16.8 Å². The van der Waals surface area contributed by atoms with E-state index in [2.05, 4.69) is 22.2 Å². The van der Waals surface area contributed by atoms with Crippen molar-refractivity contribution in [3.8, 4) is 0 Å². The van der Waals surface area contributed by atoms with Crippen LogP contribution in [0, 0.1) is 13.8 Å². The minimum atomic E-state index is -3.99. The van der Waals surface area contributed by atoms with Gasteiger partial charge in [0.25, 0.3) is 15.9 Å². The third-order valence-corrected chi connectivity index (χ3v) is 7.94. The number of fused-ring (bicyclic) bond motifs is 1. The molecule has 3 aromatic rings. The zero-order valence-electron chi connectivity index (χ0n) is 18.9. The molecule has 0 heterocycles. The summed E-state index contributed by atoms with van der Waals surface area (Å²) in [6.07, 6.45) is 3.34. The van der Waals surface area contributed by atoms with Gasteiger partial charge in [-0.05, 0) is 92.1 Å². The van der Waals surface area contributed by atoms with Crippen LogP contribution < -0.4 is 10.0 Å². The zero-order chi connectivity index (χ0) is 23.8. The summed E-state index contributed by atoms with van der Waals surface area (Å²) >= 11 is 6.23. The van der Waals surface area contributed by atoms with Crippen LogP contribution in [0.2, 0.25) is 5.02 Å². The minimum Gasteiger partial charge on any atom is -0.346 e. The van der Waals surface area contributed by atoms with E-state index in [1.54, 1.807) is 6.07 Å². The van der Waals surface area contributed by atoms with Crippen LogP contribution in [0.15, 0.2) is 59.5 Å². The van der Waals surface area contributed by atoms with Crippen LogP contribution in [-0.4, -0.2) is 14.3 Å². The van der Waals surface area contributed by atoms with Crippen LogP contribution in [0.1, 0.15) is 57.6 Å². The van der Waals surface area contributed by atoms with Gasteiger partial charge in [-0.25, -0.2) is 8.42 Å². The molecular weight excluding hydrogens is 456 g/mol. The molecule has 1 aliphatic rings. The van der Waals surface area contributed by atoms with E-state index in [9.17, 15) is 13.2 Å². The van der Waals surface area contributed by atoms with Gasteiger partial charge in [0, 0.05) is 5.56 Å². The summed E-state index contributed by atoms with van der Waals surface area (Å²) in [7, 11) is -3.99. The number of sulfonamides is 1. The van der Waals surface area contributed by atoms with Crippen molar-refractivity contribution < 1.29 is 13.2 Å². The van der Waals surface area contributed by atoms with Gasteiger partial charge in [-0.3, -0.25) is 9.52 Å². The van der Waals surface area contributed by atoms with Gasteiger partial charge >= 0.3 is 0 Å². The smallest absolute Gasteiger partial charge is 0.263 e. The lowest BCUT2D eigenvalue weighted by Crippen LogP contribution is -2.27. The van der Waals surface area contributed by atoms with Crippen molar-refractivity contribution in [2.24, 2.45) is 0 Å². The van der Waals surface area contributed by atoms with E-state index in [1.807, 2.05) is 39.0 Å². The third kappa shape index (κ3) is 5.07. The maximum Gasteiger partial charge on any atom is 0.263 e. The molecule has 0 fully saturated rings. The summed E-state index contributed by atoms with van der Waals surface area (Å²) in [5.74, 6) is -0.358. The standard InChI is InChI=1S/C26H27ClN2O3S/c1-16-7-8-17(2)24(13-16)29-33(31,32)25-15-22(11-12-23(25)27)26(30)28-18(3)20-10-9-19-5-4-6-21(19)14-20/h7-15,18,29H,4-6H2,1-3H3,(H,28,30). The summed E-state index contributed by atoms with van der Waals surface area (Å²) in [6.45, 7) is 5.63. The molecule has 1 atom stereocenters. The molecule has 1 aliphatic carbocycles. The molecule has 0 bridgehead atoms. The van der Waals surface area contributed by atoms with Crippen molar-refractivity contribution in [2.75, 3.05) is 4.72 Å². The van der Waals surface area contributed by atoms with Crippen LogP contribution >= 0.6 is 11.6 Å². The Balaban J connectivity index is 1.56. The third-order valence-electron chi connectivity index (χ3n) is 6.09. The summed E-state index contributed by atoms with van der Waals surface area (Å²) in [5.41, 5.74) is 6.17. The van der Waals surface area contributed by atoms with E-state index in [4.69, 9.17) is 11.6 Å². The molecule has 0 spiro atoms. The summed E-state index contributed by atoms with van der Waals surface area (Å²) in [4.78, 5) is 12.8. The van der Waals surface area contributed by atoms with Crippen molar-refractivity contribution >= 4 is 33.2 Å². The second-order valence-corrected chi connectivity index (χ2v) is 10.7. The number of hydrogen-bond acceptors (Lipinski definition) is 3. The van der Waals surface area contributed by atoms with Gasteiger partial charge in [0.15, 0.2) is 0 Å². The first-order chi connectivity index (χ1) is 15.6.